The van der Waals surface area contributed by atoms with Crippen LogP contribution in [0.2, 0.25) is 0 Å². The third-order valence-electron chi connectivity index (χ3n) is 3.50. The van der Waals surface area contributed by atoms with Crippen molar-refractivity contribution in [2.45, 2.75) is 32.9 Å². The molecule has 3 heterocycles. The summed E-state index contributed by atoms with van der Waals surface area (Å²) < 4.78 is 0. The Morgan fingerprint density at radius 1 is 1.53 bits per heavy atom. The van der Waals surface area contributed by atoms with Crippen molar-refractivity contribution < 1.29 is 4.79 Å². The van der Waals surface area contributed by atoms with Crippen LogP contribution in [-0.2, 0) is 13.0 Å². The van der Waals surface area contributed by atoms with E-state index < -0.39 is 0 Å². The van der Waals surface area contributed by atoms with Gasteiger partial charge in [0.25, 0.3) is 5.91 Å². The molecule has 0 aromatic carbocycles. The van der Waals surface area contributed by atoms with Crippen molar-refractivity contribution >= 4 is 5.91 Å². The largest absolute Gasteiger partial charge is 0.330 e. The second-order valence-electron chi connectivity index (χ2n) is 5.03. The lowest BCUT2D eigenvalue weighted by Gasteiger charge is -2.23. The molecule has 1 amide bonds. The van der Waals surface area contributed by atoms with E-state index in [1.165, 1.54) is 0 Å². The SMILES string of the molecule is Cc1cc(CC(C)N2Cc3ncccc3C2=O)n[nH]1. The number of aromatic amines is 1. The number of amides is 1. The summed E-state index contributed by atoms with van der Waals surface area (Å²) in [7, 11) is 0. The highest BCUT2D eigenvalue weighted by molar-refractivity contribution is 5.97. The molecule has 0 saturated carbocycles. The third kappa shape index (κ3) is 2.12. The first-order chi connectivity index (χ1) is 9.15. The van der Waals surface area contributed by atoms with E-state index in [1.807, 2.05) is 36.9 Å². The summed E-state index contributed by atoms with van der Waals surface area (Å²) >= 11 is 0. The Hall–Kier alpha value is -2.17. The van der Waals surface area contributed by atoms with Gasteiger partial charge in [0.05, 0.1) is 23.5 Å². The van der Waals surface area contributed by atoms with Gasteiger partial charge in [-0.25, -0.2) is 0 Å². The number of carbonyl (C=O) groups is 1. The third-order valence-corrected chi connectivity index (χ3v) is 3.50. The maximum Gasteiger partial charge on any atom is 0.256 e. The number of nitrogens with zero attached hydrogens (tertiary/aromatic N) is 3. The second kappa shape index (κ2) is 4.50. The van der Waals surface area contributed by atoms with E-state index in [-0.39, 0.29) is 11.9 Å². The van der Waals surface area contributed by atoms with Crippen molar-refractivity contribution in [2.75, 3.05) is 0 Å². The van der Waals surface area contributed by atoms with E-state index >= 15 is 0 Å². The maximum atomic E-state index is 12.3. The van der Waals surface area contributed by atoms with Crippen molar-refractivity contribution in [3.63, 3.8) is 0 Å². The molecule has 0 fully saturated rings. The molecule has 19 heavy (non-hydrogen) atoms. The molecule has 1 atom stereocenters. The number of aryl methyl sites for hydroxylation is 1. The van der Waals surface area contributed by atoms with Gasteiger partial charge >= 0.3 is 0 Å². The first kappa shape index (κ1) is 11.9. The fraction of sp³-hybridized carbons (Fsp3) is 0.357. The van der Waals surface area contributed by atoms with Crippen molar-refractivity contribution in [1.82, 2.24) is 20.1 Å². The number of fused-ring (bicyclic) bond motifs is 1. The topological polar surface area (TPSA) is 61.9 Å². The first-order valence-corrected chi connectivity index (χ1v) is 6.41. The van der Waals surface area contributed by atoms with E-state index in [0.717, 1.165) is 29.1 Å². The van der Waals surface area contributed by atoms with Crippen LogP contribution in [0, 0.1) is 6.92 Å². The van der Waals surface area contributed by atoms with Gasteiger partial charge < -0.3 is 4.90 Å². The van der Waals surface area contributed by atoms with Crippen LogP contribution in [-0.4, -0.2) is 32.0 Å². The summed E-state index contributed by atoms with van der Waals surface area (Å²) in [6, 6.07) is 5.78. The molecule has 1 unspecified atom stereocenters. The van der Waals surface area contributed by atoms with Gasteiger partial charge in [-0.1, -0.05) is 0 Å². The highest BCUT2D eigenvalue weighted by Gasteiger charge is 2.31. The number of H-pyrrole nitrogens is 1. The van der Waals surface area contributed by atoms with Crippen molar-refractivity contribution in [2.24, 2.45) is 0 Å². The molecule has 0 bridgehead atoms. The highest BCUT2D eigenvalue weighted by Crippen LogP contribution is 2.23. The normalized spacial score (nSPS) is 15.7. The van der Waals surface area contributed by atoms with Crippen LogP contribution < -0.4 is 0 Å². The quantitative estimate of drug-likeness (QED) is 0.909. The molecule has 0 saturated heterocycles. The minimum atomic E-state index is 0.0721. The molecule has 2 aromatic rings. The number of hydrogen-bond donors (Lipinski definition) is 1. The lowest BCUT2D eigenvalue weighted by Crippen LogP contribution is -2.34. The summed E-state index contributed by atoms with van der Waals surface area (Å²) in [6.45, 7) is 4.62. The highest BCUT2D eigenvalue weighted by atomic mass is 16.2. The summed E-state index contributed by atoms with van der Waals surface area (Å²) in [5.74, 6) is 0.0721. The van der Waals surface area contributed by atoms with Gasteiger partial charge in [0.1, 0.15) is 0 Å². The van der Waals surface area contributed by atoms with E-state index in [0.29, 0.717) is 6.54 Å². The monoisotopic (exact) mass is 256 g/mol. The molecule has 2 aromatic heterocycles. The van der Waals surface area contributed by atoms with Crippen LogP contribution in [0.5, 0.6) is 0 Å². The van der Waals surface area contributed by atoms with Gasteiger partial charge in [-0.2, -0.15) is 5.10 Å². The lowest BCUT2D eigenvalue weighted by atomic mass is 10.1. The minimum Gasteiger partial charge on any atom is -0.330 e. The predicted molar refractivity (Wildman–Crippen MR) is 70.6 cm³/mol. The summed E-state index contributed by atoms with van der Waals surface area (Å²) in [6.07, 6.45) is 2.49. The van der Waals surface area contributed by atoms with E-state index in [4.69, 9.17) is 0 Å². The average molecular weight is 256 g/mol. The molecule has 1 N–H and O–H groups in total. The summed E-state index contributed by atoms with van der Waals surface area (Å²) in [5.41, 5.74) is 3.63. The van der Waals surface area contributed by atoms with E-state index in [9.17, 15) is 4.79 Å². The molecule has 0 aliphatic carbocycles. The first-order valence-electron chi connectivity index (χ1n) is 6.41. The number of aromatic nitrogens is 3. The molecular formula is C14H16N4O. The summed E-state index contributed by atoms with van der Waals surface area (Å²) in [4.78, 5) is 18.4. The van der Waals surface area contributed by atoms with Crippen LogP contribution in [0.15, 0.2) is 24.4 Å². The number of carbonyl (C=O) groups excluding carboxylic acids is 1. The van der Waals surface area contributed by atoms with Gasteiger partial charge in [0.2, 0.25) is 0 Å². The Balaban J connectivity index is 1.76. The fourth-order valence-electron chi connectivity index (χ4n) is 2.49. The Morgan fingerprint density at radius 3 is 3.05 bits per heavy atom. The number of nitrogens with one attached hydrogen (secondary N) is 1. The Bertz CT molecular complexity index is 619. The van der Waals surface area contributed by atoms with Crippen molar-refractivity contribution in [3.8, 4) is 0 Å². The van der Waals surface area contributed by atoms with E-state index in [2.05, 4.69) is 15.2 Å². The zero-order valence-electron chi connectivity index (χ0n) is 11.1. The van der Waals surface area contributed by atoms with Crippen molar-refractivity contribution in [1.29, 1.82) is 0 Å². The molecule has 1 aliphatic rings. The van der Waals surface area contributed by atoms with Gasteiger partial charge in [-0.05, 0) is 32.0 Å². The van der Waals surface area contributed by atoms with Crippen LogP contribution in [0.25, 0.3) is 0 Å². The minimum absolute atomic E-state index is 0.0721. The lowest BCUT2D eigenvalue weighted by molar-refractivity contribution is 0.0715. The Labute approximate surface area is 111 Å². The molecule has 0 spiro atoms. The molecule has 1 aliphatic heterocycles. The van der Waals surface area contributed by atoms with Crippen LogP contribution in [0.3, 0.4) is 0 Å². The number of rotatable bonds is 3. The van der Waals surface area contributed by atoms with Gasteiger partial charge in [-0.15, -0.1) is 0 Å². The average Bonchev–Trinajstić information content (AvgIpc) is 2.94. The molecule has 98 valence electrons. The maximum absolute atomic E-state index is 12.3. The van der Waals surface area contributed by atoms with Gasteiger partial charge in [-0.3, -0.25) is 14.9 Å². The van der Waals surface area contributed by atoms with Crippen LogP contribution in [0.4, 0.5) is 0 Å². The fourth-order valence-corrected chi connectivity index (χ4v) is 2.49. The predicted octanol–water partition coefficient (Wildman–Crippen LogP) is 1.70. The van der Waals surface area contributed by atoms with E-state index in [1.54, 1.807) is 6.20 Å². The molecular weight excluding hydrogens is 240 g/mol. The Morgan fingerprint density at radius 2 is 2.37 bits per heavy atom. The second-order valence-corrected chi connectivity index (χ2v) is 5.03. The Kier molecular flexibility index (Phi) is 2.81. The number of pyridine rings is 1. The molecule has 5 nitrogen and oxygen atoms in total. The van der Waals surface area contributed by atoms with Crippen LogP contribution >= 0.6 is 0 Å². The van der Waals surface area contributed by atoms with Crippen molar-refractivity contribution in [3.05, 3.63) is 47.0 Å². The standard InChI is InChI=1S/C14H16N4O/c1-9-6-11(17-16-9)7-10(2)18-8-13-12(14(18)19)4-3-5-15-13/h3-6,10H,7-8H2,1-2H3,(H,16,17). The zero-order chi connectivity index (χ0) is 13.4. The van der Waals surface area contributed by atoms with Gasteiger partial charge in [0.15, 0.2) is 0 Å². The zero-order valence-corrected chi connectivity index (χ0v) is 11.1. The molecule has 0 radical (unpaired) electrons. The molecule has 3 rings (SSSR count). The summed E-state index contributed by atoms with van der Waals surface area (Å²) in [5, 5.41) is 7.15. The smallest absolute Gasteiger partial charge is 0.256 e. The van der Waals surface area contributed by atoms with Gasteiger partial charge in [0, 0.05) is 24.4 Å². The molecule has 5 heteroatoms. The number of hydrogen-bond acceptors (Lipinski definition) is 3. The van der Waals surface area contributed by atoms with Crippen LogP contribution in [0.1, 0.15) is 34.4 Å².